The lowest BCUT2D eigenvalue weighted by atomic mass is 9.97. The SMILES string of the molecule is C[C@@H]1CCC[C@H](C)N1C(=O)[C@@H](C)Sc1nnc(C2CC2)n1C. The van der Waals surface area contributed by atoms with Crippen molar-refractivity contribution in [2.45, 2.75) is 81.3 Å². The zero-order chi connectivity index (χ0) is 15.9. The quantitative estimate of drug-likeness (QED) is 0.800. The van der Waals surface area contributed by atoms with E-state index >= 15 is 0 Å². The average molecular weight is 322 g/mol. The van der Waals surface area contributed by atoms with Gasteiger partial charge < -0.3 is 9.47 Å². The lowest BCUT2D eigenvalue weighted by molar-refractivity contribution is -0.136. The van der Waals surface area contributed by atoms with Crippen LogP contribution in [0.4, 0.5) is 0 Å². The number of piperidine rings is 1. The van der Waals surface area contributed by atoms with Gasteiger partial charge in [0.1, 0.15) is 5.82 Å². The van der Waals surface area contributed by atoms with Crippen molar-refractivity contribution in [3.8, 4) is 0 Å². The normalized spacial score (nSPS) is 27.0. The third kappa shape index (κ3) is 3.03. The molecule has 2 aliphatic rings. The van der Waals surface area contributed by atoms with Crippen LogP contribution in [-0.2, 0) is 11.8 Å². The summed E-state index contributed by atoms with van der Waals surface area (Å²) in [4.78, 5) is 14.9. The Labute approximate surface area is 136 Å². The number of likely N-dealkylation sites (tertiary alicyclic amines) is 1. The molecule has 1 aliphatic heterocycles. The van der Waals surface area contributed by atoms with Gasteiger partial charge in [-0.1, -0.05) is 11.8 Å². The van der Waals surface area contributed by atoms with Crippen LogP contribution in [0.15, 0.2) is 5.16 Å². The van der Waals surface area contributed by atoms with E-state index in [2.05, 4.69) is 33.5 Å². The fourth-order valence-electron chi connectivity index (χ4n) is 3.40. The van der Waals surface area contributed by atoms with E-state index in [0.29, 0.717) is 18.0 Å². The van der Waals surface area contributed by atoms with Crippen molar-refractivity contribution in [1.29, 1.82) is 0 Å². The van der Waals surface area contributed by atoms with Crippen LogP contribution < -0.4 is 0 Å². The molecule has 22 heavy (non-hydrogen) atoms. The molecular formula is C16H26N4OS. The number of carbonyl (C=O) groups excluding carboxylic acids is 1. The maximum absolute atomic E-state index is 12.8. The van der Waals surface area contributed by atoms with Gasteiger partial charge in [-0.2, -0.15) is 0 Å². The Bertz CT molecular complexity index is 544. The molecule has 2 heterocycles. The zero-order valence-electron chi connectivity index (χ0n) is 14.0. The largest absolute Gasteiger partial charge is 0.336 e. The molecule has 122 valence electrons. The molecule has 0 spiro atoms. The van der Waals surface area contributed by atoms with Crippen molar-refractivity contribution in [2.24, 2.45) is 7.05 Å². The minimum atomic E-state index is -0.113. The first-order valence-electron chi connectivity index (χ1n) is 8.37. The van der Waals surface area contributed by atoms with E-state index in [-0.39, 0.29) is 11.2 Å². The minimum Gasteiger partial charge on any atom is -0.336 e. The first-order chi connectivity index (χ1) is 10.5. The molecule has 3 atom stereocenters. The first kappa shape index (κ1) is 15.8. The van der Waals surface area contributed by atoms with Gasteiger partial charge >= 0.3 is 0 Å². The Kier molecular flexibility index (Phi) is 4.48. The summed E-state index contributed by atoms with van der Waals surface area (Å²) in [6, 6.07) is 0.696. The molecule has 1 aliphatic carbocycles. The summed E-state index contributed by atoms with van der Waals surface area (Å²) in [5.74, 6) is 1.89. The molecule has 6 heteroatoms. The van der Waals surface area contributed by atoms with Crippen LogP contribution in [0, 0.1) is 0 Å². The molecule has 1 aromatic rings. The van der Waals surface area contributed by atoms with Crippen molar-refractivity contribution in [2.75, 3.05) is 0 Å². The van der Waals surface area contributed by atoms with E-state index in [4.69, 9.17) is 0 Å². The number of hydrogen-bond donors (Lipinski definition) is 0. The Balaban J connectivity index is 1.68. The molecule has 0 N–H and O–H groups in total. The van der Waals surface area contributed by atoms with Crippen molar-refractivity contribution in [3.05, 3.63) is 5.82 Å². The van der Waals surface area contributed by atoms with E-state index in [0.717, 1.165) is 23.8 Å². The topological polar surface area (TPSA) is 51.0 Å². The Hall–Kier alpha value is -1.04. The van der Waals surface area contributed by atoms with E-state index in [1.165, 1.54) is 19.3 Å². The van der Waals surface area contributed by atoms with E-state index in [9.17, 15) is 4.79 Å². The van der Waals surface area contributed by atoms with Crippen LogP contribution in [0.5, 0.6) is 0 Å². The molecule has 1 aromatic heterocycles. The van der Waals surface area contributed by atoms with Crippen LogP contribution in [-0.4, -0.2) is 42.9 Å². The summed E-state index contributed by atoms with van der Waals surface area (Å²) in [7, 11) is 2.01. The highest BCUT2D eigenvalue weighted by molar-refractivity contribution is 8.00. The number of aromatic nitrogens is 3. The molecule has 0 aromatic carbocycles. The van der Waals surface area contributed by atoms with Crippen molar-refractivity contribution < 1.29 is 4.79 Å². The summed E-state index contributed by atoms with van der Waals surface area (Å²) in [6.45, 7) is 6.32. The molecule has 0 unspecified atom stereocenters. The number of rotatable bonds is 4. The number of thioether (sulfide) groups is 1. The Morgan fingerprint density at radius 1 is 1.18 bits per heavy atom. The third-order valence-corrected chi connectivity index (χ3v) is 6.01. The summed E-state index contributed by atoms with van der Waals surface area (Å²) >= 11 is 1.54. The van der Waals surface area contributed by atoms with E-state index in [1.54, 1.807) is 11.8 Å². The lowest BCUT2D eigenvalue weighted by Gasteiger charge is -2.40. The second-order valence-corrected chi connectivity index (χ2v) is 8.12. The zero-order valence-corrected chi connectivity index (χ0v) is 14.8. The first-order valence-corrected chi connectivity index (χ1v) is 9.25. The summed E-state index contributed by atoms with van der Waals surface area (Å²) < 4.78 is 2.06. The molecule has 0 bridgehead atoms. The highest BCUT2D eigenvalue weighted by Crippen LogP contribution is 2.40. The molecular weight excluding hydrogens is 296 g/mol. The van der Waals surface area contributed by atoms with Crippen LogP contribution in [0.2, 0.25) is 0 Å². The predicted molar refractivity (Wildman–Crippen MR) is 87.9 cm³/mol. The van der Waals surface area contributed by atoms with Crippen LogP contribution in [0.25, 0.3) is 0 Å². The van der Waals surface area contributed by atoms with Gasteiger partial charge in [0.05, 0.1) is 5.25 Å². The predicted octanol–water partition coefficient (Wildman–Crippen LogP) is 2.96. The maximum Gasteiger partial charge on any atom is 0.236 e. The monoisotopic (exact) mass is 322 g/mol. The van der Waals surface area contributed by atoms with Gasteiger partial charge in [-0.3, -0.25) is 4.79 Å². The molecule has 0 radical (unpaired) electrons. The summed E-state index contributed by atoms with van der Waals surface area (Å²) in [6.07, 6.45) is 5.88. The number of amides is 1. The van der Waals surface area contributed by atoms with Gasteiger partial charge in [0.25, 0.3) is 0 Å². The van der Waals surface area contributed by atoms with Crippen LogP contribution >= 0.6 is 11.8 Å². The second-order valence-electron chi connectivity index (χ2n) is 6.81. The molecule has 1 saturated heterocycles. The standard InChI is InChI=1S/C16H26N4OS/c1-10-6-5-7-11(2)20(10)15(21)12(3)22-16-18-17-14(19(16)4)13-8-9-13/h10-13H,5-9H2,1-4H3/t10-,11+,12-/m1/s1. The highest BCUT2D eigenvalue weighted by Gasteiger charge is 2.34. The van der Waals surface area contributed by atoms with Crippen molar-refractivity contribution in [3.63, 3.8) is 0 Å². The Morgan fingerprint density at radius 2 is 1.82 bits per heavy atom. The summed E-state index contributed by atoms with van der Waals surface area (Å²) in [5, 5.41) is 9.34. The maximum atomic E-state index is 12.8. The van der Waals surface area contributed by atoms with Crippen molar-refractivity contribution in [1.82, 2.24) is 19.7 Å². The number of hydrogen-bond acceptors (Lipinski definition) is 4. The average Bonchev–Trinajstić information content (AvgIpc) is 3.25. The highest BCUT2D eigenvalue weighted by atomic mass is 32.2. The van der Waals surface area contributed by atoms with E-state index in [1.807, 2.05) is 14.0 Å². The van der Waals surface area contributed by atoms with Crippen LogP contribution in [0.1, 0.15) is 64.6 Å². The fourth-order valence-corrected chi connectivity index (χ4v) is 4.28. The van der Waals surface area contributed by atoms with Crippen molar-refractivity contribution >= 4 is 17.7 Å². The number of nitrogens with zero attached hydrogens (tertiary/aromatic N) is 4. The third-order valence-electron chi connectivity index (χ3n) is 4.89. The summed E-state index contributed by atoms with van der Waals surface area (Å²) in [5.41, 5.74) is 0. The van der Waals surface area contributed by atoms with Gasteiger partial charge in [0.15, 0.2) is 5.16 Å². The molecule has 1 saturated carbocycles. The fraction of sp³-hybridized carbons (Fsp3) is 0.812. The van der Waals surface area contributed by atoms with E-state index < -0.39 is 0 Å². The molecule has 5 nitrogen and oxygen atoms in total. The molecule has 2 fully saturated rings. The lowest BCUT2D eigenvalue weighted by Crippen LogP contribution is -2.50. The van der Waals surface area contributed by atoms with Gasteiger partial charge in [0, 0.05) is 25.0 Å². The van der Waals surface area contributed by atoms with Crippen LogP contribution in [0.3, 0.4) is 0 Å². The molecule has 3 rings (SSSR count). The van der Waals surface area contributed by atoms with Gasteiger partial charge in [-0.05, 0) is 52.9 Å². The number of carbonyl (C=O) groups is 1. The Morgan fingerprint density at radius 3 is 2.41 bits per heavy atom. The minimum absolute atomic E-state index is 0.113. The smallest absolute Gasteiger partial charge is 0.236 e. The van der Waals surface area contributed by atoms with Gasteiger partial charge in [-0.15, -0.1) is 10.2 Å². The van der Waals surface area contributed by atoms with Gasteiger partial charge in [0.2, 0.25) is 5.91 Å². The van der Waals surface area contributed by atoms with Gasteiger partial charge in [-0.25, -0.2) is 0 Å². The second kappa shape index (κ2) is 6.22. The molecule has 1 amide bonds.